The fraction of sp³-hybridized carbons (Fsp3) is 0.440. The first-order valence-electron chi connectivity index (χ1n) is 12.1. The van der Waals surface area contributed by atoms with E-state index in [1.54, 1.807) is 6.20 Å². The van der Waals surface area contributed by atoms with Crippen LogP contribution in [0.2, 0.25) is 0 Å². The van der Waals surface area contributed by atoms with Gasteiger partial charge in [0.1, 0.15) is 6.04 Å². The van der Waals surface area contributed by atoms with E-state index >= 15 is 0 Å². The lowest BCUT2D eigenvalue weighted by atomic mass is 9.93. The molecule has 0 spiro atoms. The van der Waals surface area contributed by atoms with E-state index in [1.807, 2.05) is 0 Å². The number of esters is 1. The highest BCUT2D eigenvalue weighted by atomic mass is 32.1. The van der Waals surface area contributed by atoms with E-state index in [0.29, 0.717) is 10.9 Å². The lowest BCUT2D eigenvalue weighted by Crippen LogP contribution is -2.54. The van der Waals surface area contributed by atoms with Gasteiger partial charge >= 0.3 is 18.0 Å². The summed E-state index contributed by atoms with van der Waals surface area (Å²) in [5, 5.41) is 9.54. The zero-order chi connectivity index (χ0) is 29.1. The smallest absolute Gasteiger partial charge is 0.338 e. The Labute approximate surface area is 231 Å². The molecule has 0 aromatic heterocycles. The molecule has 0 radical (unpaired) electrons. The molecule has 1 aromatic rings. The van der Waals surface area contributed by atoms with E-state index in [4.69, 9.17) is 22.7 Å². The van der Waals surface area contributed by atoms with E-state index in [-0.39, 0.29) is 23.4 Å². The topological polar surface area (TPSA) is 138 Å². The largest absolute Gasteiger partial charge is 0.466 e. The number of thiocarbonyl (C=S) groups is 1. The predicted octanol–water partition coefficient (Wildman–Crippen LogP) is 2.26. The number of nitrogens with zero attached hydrogens (tertiary/aromatic N) is 2. The van der Waals surface area contributed by atoms with Gasteiger partial charge in [0.2, 0.25) is 0 Å². The number of piperidine rings is 1. The summed E-state index contributed by atoms with van der Waals surface area (Å²) >= 11 is 5.20. The van der Waals surface area contributed by atoms with Crippen LogP contribution in [0.1, 0.15) is 31.4 Å². The minimum Gasteiger partial charge on any atom is -0.466 e. The summed E-state index contributed by atoms with van der Waals surface area (Å²) in [4.78, 5) is 38.9. The van der Waals surface area contributed by atoms with Gasteiger partial charge in [0.05, 0.1) is 25.0 Å². The second-order valence-corrected chi connectivity index (χ2v) is 8.89. The Balaban J connectivity index is 0.000000322. The van der Waals surface area contributed by atoms with E-state index in [9.17, 15) is 23.2 Å². The van der Waals surface area contributed by atoms with Gasteiger partial charge in [-0.2, -0.15) is 0 Å². The standard InChI is InChI=1S/C15H15F2N3O5.C10H19N3S/c1-24-6-10-11(13(21)25-2)12(20(14(18)22)15(23)19-10)7-3-4-8(16)9(17)5-7;1-3-11-9-5-7-13(8-6-9)10(14)12-4-2/h3-5,12H,6H2,1-2H3,(H2,18,22)(H,19,23);4,9,11H,2-3,5-8H2,1H3,(H,12,14)/t12-;/m0./s1. The van der Waals surface area contributed by atoms with Crippen molar-refractivity contribution < 1.29 is 32.6 Å². The Kier molecular flexibility index (Phi) is 12.2. The Morgan fingerprint density at radius 2 is 1.92 bits per heavy atom. The minimum absolute atomic E-state index is 0.0200. The molecular formula is C25H34F2N6O5S. The highest BCUT2D eigenvalue weighted by molar-refractivity contribution is 7.80. The van der Waals surface area contributed by atoms with Crippen molar-refractivity contribution in [3.05, 3.63) is 59.4 Å². The molecule has 2 heterocycles. The molecule has 1 fully saturated rings. The maximum absolute atomic E-state index is 13.6. The van der Waals surface area contributed by atoms with E-state index in [1.165, 1.54) is 20.0 Å². The third kappa shape index (κ3) is 8.18. The first-order chi connectivity index (χ1) is 18.6. The van der Waals surface area contributed by atoms with Gasteiger partial charge in [-0.05, 0) is 55.5 Å². The van der Waals surface area contributed by atoms with Crippen molar-refractivity contribution in [2.75, 3.05) is 40.5 Å². The number of primary amides is 1. The molecule has 2 aliphatic heterocycles. The number of likely N-dealkylation sites (tertiary alicyclic amines) is 1. The van der Waals surface area contributed by atoms with Crippen LogP contribution < -0.4 is 21.7 Å². The van der Waals surface area contributed by atoms with Crippen LogP contribution in [-0.4, -0.2) is 79.4 Å². The van der Waals surface area contributed by atoms with Gasteiger partial charge in [-0.25, -0.2) is 28.1 Å². The Morgan fingerprint density at radius 1 is 1.26 bits per heavy atom. The SMILES string of the molecule is C=CNC(=S)N1CCC(NCC)CC1.COCC1=C(C(=O)OC)[C@H](c2ccc(F)c(F)c2)N(C(N)=O)C(=O)N1. The first-order valence-corrected chi connectivity index (χ1v) is 12.5. The van der Waals surface area contributed by atoms with Crippen molar-refractivity contribution in [2.24, 2.45) is 5.73 Å². The third-order valence-corrected chi connectivity index (χ3v) is 6.40. The number of rotatable bonds is 7. The zero-order valence-corrected chi connectivity index (χ0v) is 22.9. The van der Waals surface area contributed by atoms with Gasteiger partial charge in [-0.3, -0.25) is 0 Å². The van der Waals surface area contributed by atoms with Gasteiger partial charge in [-0.1, -0.05) is 19.6 Å². The first kappa shape index (κ1) is 31.6. The van der Waals surface area contributed by atoms with E-state index in [0.717, 1.165) is 50.1 Å². The molecule has 0 bridgehead atoms. The van der Waals surface area contributed by atoms with Crippen molar-refractivity contribution in [3.63, 3.8) is 0 Å². The molecule has 14 heteroatoms. The van der Waals surface area contributed by atoms with Gasteiger partial charge in [0, 0.05) is 26.2 Å². The third-order valence-electron chi connectivity index (χ3n) is 6.02. The molecule has 1 aromatic carbocycles. The molecule has 214 valence electrons. The summed E-state index contributed by atoms with van der Waals surface area (Å²) in [5.74, 6) is -3.24. The average molecular weight is 569 g/mol. The van der Waals surface area contributed by atoms with Crippen LogP contribution in [-0.2, 0) is 14.3 Å². The van der Waals surface area contributed by atoms with E-state index < -0.39 is 35.7 Å². The van der Waals surface area contributed by atoms with Gasteiger partial charge < -0.3 is 36.1 Å². The fourth-order valence-corrected chi connectivity index (χ4v) is 4.52. The molecule has 1 saturated heterocycles. The maximum atomic E-state index is 13.6. The average Bonchev–Trinajstić information content (AvgIpc) is 2.90. The molecule has 1 atom stereocenters. The lowest BCUT2D eigenvalue weighted by Gasteiger charge is -2.35. The highest BCUT2D eigenvalue weighted by Gasteiger charge is 2.42. The fourth-order valence-electron chi connectivity index (χ4n) is 4.25. The number of ether oxygens (including phenoxy) is 2. The summed E-state index contributed by atoms with van der Waals surface area (Å²) in [6.07, 6.45) is 3.98. The molecule has 39 heavy (non-hydrogen) atoms. The number of halogens is 2. The number of nitrogens with one attached hydrogen (secondary N) is 3. The van der Waals surface area contributed by atoms with E-state index in [2.05, 4.69) is 39.1 Å². The highest BCUT2D eigenvalue weighted by Crippen LogP contribution is 2.35. The van der Waals surface area contributed by atoms with Crippen LogP contribution in [0.25, 0.3) is 0 Å². The Hall–Kier alpha value is -3.62. The minimum atomic E-state index is -1.40. The number of amides is 4. The molecule has 0 aliphatic carbocycles. The number of benzene rings is 1. The quantitative estimate of drug-likeness (QED) is 0.288. The van der Waals surface area contributed by atoms with Gasteiger partial charge in [-0.15, -0.1) is 0 Å². The molecule has 0 unspecified atom stereocenters. The molecule has 2 aliphatic rings. The number of carbonyl (C=O) groups excluding carboxylic acids is 3. The number of hydrogen-bond donors (Lipinski definition) is 4. The summed E-state index contributed by atoms with van der Waals surface area (Å²) < 4.78 is 36.5. The summed E-state index contributed by atoms with van der Waals surface area (Å²) in [5.41, 5.74) is 5.02. The molecule has 0 saturated carbocycles. The van der Waals surface area contributed by atoms with Crippen molar-refractivity contribution >= 4 is 35.4 Å². The number of hydrogen-bond acceptors (Lipinski definition) is 7. The van der Waals surface area contributed by atoms with Crippen molar-refractivity contribution in [3.8, 4) is 0 Å². The van der Waals surface area contributed by atoms with Crippen LogP contribution >= 0.6 is 12.2 Å². The van der Waals surface area contributed by atoms with Crippen LogP contribution in [0.15, 0.2) is 42.2 Å². The Bertz CT molecular complexity index is 1110. The number of urea groups is 2. The Morgan fingerprint density at radius 3 is 2.44 bits per heavy atom. The molecule has 5 N–H and O–H groups in total. The predicted molar refractivity (Wildman–Crippen MR) is 144 cm³/mol. The van der Waals surface area contributed by atoms with Crippen molar-refractivity contribution in [2.45, 2.75) is 31.8 Å². The number of methoxy groups -OCH3 is 2. The van der Waals surface area contributed by atoms with Gasteiger partial charge in [0.25, 0.3) is 0 Å². The lowest BCUT2D eigenvalue weighted by molar-refractivity contribution is -0.137. The molecular weight excluding hydrogens is 534 g/mol. The number of imide groups is 1. The van der Waals surface area contributed by atoms with Crippen LogP contribution in [0.4, 0.5) is 18.4 Å². The summed E-state index contributed by atoms with van der Waals surface area (Å²) in [7, 11) is 2.41. The maximum Gasteiger partial charge on any atom is 0.338 e. The monoisotopic (exact) mass is 568 g/mol. The number of carbonyl (C=O) groups is 3. The number of nitrogens with two attached hydrogens (primary N) is 1. The second kappa shape index (κ2) is 15.1. The van der Waals surface area contributed by atoms with Gasteiger partial charge in [0.15, 0.2) is 16.7 Å². The molecule has 3 rings (SSSR count). The second-order valence-electron chi connectivity index (χ2n) is 8.50. The normalized spacial score (nSPS) is 17.6. The molecule has 11 nitrogen and oxygen atoms in total. The summed E-state index contributed by atoms with van der Waals surface area (Å²) in [6, 6.07) is -0.164. The summed E-state index contributed by atoms with van der Waals surface area (Å²) in [6.45, 7) is 8.69. The van der Waals surface area contributed by atoms with Crippen molar-refractivity contribution in [1.29, 1.82) is 0 Å². The zero-order valence-electron chi connectivity index (χ0n) is 22.1. The van der Waals surface area contributed by atoms with Crippen molar-refractivity contribution in [1.82, 2.24) is 25.8 Å². The molecule has 4 amide bonds. The van der Waals surface area contributed by atoms with Crippen LogP contribution in [0.3, 0.4) is 0 Å². The van der Waals surface area contributed by atoms with Crippen LogP contribution in [0.5, 0.6) is 0 Å². The van der Waals surface area contributed by atoms with Crippen LogP contribution in [0, 0.1) is 11.6 Å².